The highest BCUT2D eigenvalue weighted by atomic mass is 32.2. The van der Waals surface area contributed by atoms with Gasteiger partial charge in [0, 0.05) is 18.3 Å². The highest BCUT2D eigenvalue weighted by molar-refractivity contribution is 7.99. The Labute approximate surface area is 115 Å². The van der Waals surface area contributed by atoms with Crippen LogP contribution in [-0.4, -0.2) is 54.7 Å². The molecule has 0 aromatic rings. The van der Waals surface area contributed by atoms with Gasteiger partial charge in [0.25, 0.3) is 0 Å². The molecule has 0 saturated carbocycles. The molecule has 0 aromatic carbocycles. The van der Waals surface area contributed by atoms with Gasteiger partial charge in [-0.3, -0.25) is 4.99 Å². The predicted octanol–water partition coefficient (Wildman–Crippen LogP) is 1.80. The number of ether oxygens (including phenoxy) is 1. The number of aliphatic imine (C=N–C) groups is 1. The molecule has 0 aliphatic carbocycles. The monoisotopic (exact) mass is 273 g/mol. The van der Waals surface area contributed by atoms with Crippen LogP contribution in [0.3, 0.4) is 0 Å². The van der Waals surface area contributed by atoms with Crippen molar-refractivity contribution in [1.82, 2.24) is 4.90 Å². The molecule has 106 valence electrons. The maximum absolute atomic E-state index is 6.07. The summed E-state index contributed by atoms with van der Waals surface area (Å²) in [4.78, 5) is 6.68. The van der Waals surface area contributed by atoms with Crippen molar-refractivity contribution in [2.75, 3.05) is 32.5 Å². The van der Waals surface area contributed by atoms with E-state index >= 15 is 0 Å². The van der Waals surface area contributed by atoms with E-state index in [1.807, 2.05) is 11.8 Å². The minimum absolute atomic E-state index is 0.242. The molecule has 4 nitrogen and oxygen atoms in total. The van der Waals surface area contributed by atoms with Gasteiger partial charge in [-0.25, -0.2) is 0 Å². The van der Waals surface area contributed by atoms with Gasteiger partial charge >= 0.3 is 0 Å². The fourth-order valence-electron chi connectivity index (χ4n) is 2.00. The normalized spacial score (nSPS) is 24.2. The van der Waals surface area contributed by atoms with Gasteiger partial charge in [-0.15, -0.1) is 0 Å². The summed E-state index contributed by atoms with van der Waals surface area (Å²) >= 11 is 1.86. The van der Waals surface area contributed by atoms with Crippen LogP contribution in [0.5, 0.6) is 0 Å². The van der Waals surface area contributed by atoms with E-state index < -0.39 is 0 Å². The number of nitrogens with zero attached hydrogens (tertiary/aromatic N) is 2. The first kappa shape index (κ1) is 15.6. The lowest BCUT2D eigenvalue weighted by molar-refractivity contribution is 0.00529. The zero-order valence-corrected chi connectivity index (χ0v) is 13.1. The molecule has 1 aliphatic heterocycles. The first-order valence-electron chi connectivity index (χ1n) is 6.54. The van der Waals surface area contributed by atoms with E-state index in [0.29, 0.717) is 11.2 Å². The predicted molar refractivity (Wildman–Crippen MR) is 80.2 cm³/mol. The van der Waals surface area contributed by atoms with Crippen molar-refractivity contribution >= 4 is 17.7 Å². The van der Waals surface area contributed by atoms with E-state index in [9.17, 15) is 0 Å². The lowest BCUT2D eigenvalue weighted by atomic mass is 9.92. The van der Waals surface area contributed by atoms with Crippen LogP contribution in [0, 0.1) is 5.41 Å². The minimum atomic E-state index is 0.242. The van der Waals surface area contributed by atoms with E-state index in [1.54, 1.807) is 0 Å². The molecule has 2 unspecified atom stereocenters. The maximum Gasteiger partial charge on any atom is 0.191 e. The Kier molecular flexibility index (Phi) is 5.79. The van der Waals surface area contributed by atoms with Crippen molar-refractivity contribution in [3.8, 4) is 0 Å². The summed E-state index contributed by atoms with van der Waals surface area (Å²) in [5, 5.41) is 0.495. The topological polar surface area (TPSA) is 50.8 Å². The van der Waals surface area contributed by atoms with Crippen molar-refractivity contribution in [1.29, 1.82) is 0 Å². The van der Waals surface area contributed by atoms with Gasteiger partial charge in [-0.05, 0) is 18.6 Å². The fraction of sp³-hybridized carbons (Fsp3) is 0.923. The van der Waals surface area contributed by atoms with Crippen LogP contribution in [0.15, 0.2) is 4.99 Å². The Hall–Kier alpha value is -0.420. The van der Waals surface area contributed by atoms with E-state index in [2.05, 4.69) is 43.8 Å². The van der Waals surface area contributed by atoms with Crippen LogP contribution < -0.4 is 5.73 Å². The number of morpholine rings is 1. The second-order valence-corrected chi connectivity index (χ2v) is 6.96. The van der Waals surface area contributed by atoms with Gasteiger partial charge in [-0.2, -0.15) is 11.8 Å². The molecule has 1 rings (SSSR count). The molecule has 2 N–H and O–H groups in total. The first-order valence-corrected chi connectivity index (χ1v) is 7.82. The fourth-order valence-corrected chi connectivity index (χ4v) is 2.94. The SMILES string of the molecule is CSC(CN=C(N)N1CCOC(C)C1)C(C)(C)C. The molecule has 0 amide bonds. The van der Waals surface area contributed by atoms with E-state index in [-0.39, 0.29) is 11.5 Å². The smallest absolute Gasteiger partial charge is 0.191 e. The zero-order valence-electron chi connectivity index (χ0n) is 12.3. The zero-order chi connectivity index (χ0) is 13.8. The summed E-state index contributed by atoms with van der Waals surface area (Å²) in [6.07, 6.45) is 2.38. The van der Waals surface area contributed by atoms with Gasteiger partial charge in [0.2, 0.25) is 0 Å². The van der Waals surface area contributed by atoms with Crippen LogP contribution in [-0.2, 0) is 4.74 Å². The lowest BCUT2D eigenvalue weighted by Gasteiger charge is -2.32. The number of thioether (sulfide) groups is 1. The summed E-state index contributed by atoms with van der Waals surface area (Å²) in [5.74, 6) is 0.661. The number of guanidine groups is 1. The first-order chi connectivity index (χ1) is 8.34. The Bertz CT molecular complexity index is 288. The summed E-state index contributed by atoms with van der Waals surface area (Å²) in [7, 11) is 0. The lowest BCUT2D eigenvalue weighted by Crippen LogP contribution is -2.48. The van der Waals surface area contributed by atoms with Gasteiger partial charge in [0.15, 0.2) is 5.96 Å². The third-order valence-electron chi connectivity index (χ3n) is 3.23. The van der Waals surface area contributed by atoms with Crippen molar-refractivity contribution in [2.45, 2.75) is 39.0 Å². The standard InChI is InChI=1S/C13H27N3OS/c1-10-9-16(6-7-17-10)12(14)15-8-11(18-5)13(2,3)4/h10-11H,6-9H2,1-5H3,(H2,14,15). The second kappa shape index (κ2) is 6.66. The van der Waals surface area contributed by atoms with Crippen LogP contribution in [0.2, 0.25) is 0 Å². The Morgan fingerprint density at radius 1 is 1.56 bits per heavy atom. The third-order valence-corrected chi connectivity index (χ3v) is 4.66. The highest BCUT2D eigenvalue weighted by Gasteiger charge is 2.24. The average molecular weight is 273 g/mol. The van der Waals surface area contributed by atoms with Crippen LogP contribution >= 0.6 is 11.8 Å². The average Bonchev–Trinajstić information content (AvgIpc) is 2.27. The quantitative estimate of drug-likeness (QED) is 0.629. The molecule has 2 atom stereocenters. The van der Waals surface area contributed by atoms with Crippen molar-refractivity contribution in [2.24, 2.45) is 16.1 Å². The van der Waals surface area contributed by atoms with Crippen molar-refractivity contribution < 1.29 is 4.74 Å². The summed E-state index contributed by atoms with van der Waals surface area (Å²) in [6, 6.07) is 0. The molecule has 0 radical (unpaired) electrons. The molecule has 1 aliphatic rings. The molecule has 1 fully saturated rings. The maximum atomic E-state index is 6.07. The molecule has 0 bridgehead atoms. The molecule has 1 saturated heterocycles. The highest BCUT2D eigenvalue weighted by Crippen LogP contribution is 2.28. The largest absolute Gasteiger partial charge is 0.375 e. The van der Waals surface area contributed by atoms with Crippen LogP contribution in [0.4, 0.5) is 0 Å². The van der Waals surface area contributed by atoms with Gasteiger partial charge < -0.3 is 15.4 Å². The molecule has 5 heteroatoms. The van der Waals surface area contributed by atoms with Gasteiger partial charge in [0.1, 0.15) is 0 Å². The second-order valence-electron chi connectivity index (χ2n) is 5.92. The van der Waals surface area contributed by atoms with Gasteiger partial charge in [-0.1, -0.05) is 20.8 Å². The summed E-state index contributed by atoms with van der Waals surface area (Å²) in [5.41, 5.74) is 6.32. The van der Waals surface area contributed by atoms with Gasteiger partial charge in [0.05, 0.1) is 19.3 Å². The Balaban J connectivity index is 2.54. The summed E-state index contributed by atoms with van der Waals surface area (Å²) in [6.45, 7) is 12.0. The third kappa shape index (κ3) is 4.69. The van der Waals surface area contributed by atoms with E-state index in [4.69, 9.17) is 10.5 Å². The molecule has 18 heavy (non-hydrogen) atoms. The van der Waals surface area contributed by atoms with Crippen LogP contribution in [0.1, 0.15) is 27.7 Å². The van der Waals surface area contributed by atoms with E-state index in [1.165, 1.54) is 0 Å². The van der Waals surface area contributed by atoms with Crippen molar-refractivity contribution in [3.63, 3.8) is 0 Å². The minimum Gasteiger partial charge on any atom is -0.375 e. The molecular weight excluding hydrogens is 246 g/mol. The Morgan fingerprint density at radius 2 is 2.22 bits per heavy atom. The molecule has 1 heterocycles. The van der Waals surface area contributed by atoms with Crippen LogP contribution in [0.25, 0.3) is 0 Å². The van der Waals surface area contributed by atoms with Crippen molar-refractivity contribution in [3.05, 3.63) is 0 Å². The number of hydrogen-bond donors (Lipinski definition) is 1. The van der Waals surface area contributed by atoms with E-state index in [0.717, 1.165) is 26.2 Å². The number of rotatable bonds is 3. The molecule has 0 aromatic heterocycles. The summed E-state index contributed by atoms with van der Waals surface area (Å²) < 4.78 is 5.50. The Morgan fingerprint density at radius 3 is 2.72 bits per heavy atom. The molecular formula is C13H27N3OS. The number of hydrogen-bond acceptors (Lipinski definition) is 3. The molecule has 0 spiro atoms. The number of nitrogens with two attached hydrogens (primary N) is 1.